The van der Waals surface area contributed by atoms with E-state index in [0.29, 0.717) is 19.1 Å². The van der Waals surface area contributed by atoms with Crippen LogP contribution in [-0.4, -0.2) is 83.8 Å². The van der Waals surface area contributed by atoms with Gasteiger partial charge in [-0.15, -0.1) is 24.0 Å². The van der Waals surface area contributed by atoms with Crippen LogP contribution < -0.4 is 10.2 Å². The molecule has 2 heterocycles. The molecule has 0 spiro atoms. The van der Waals surface area contributed by atoms with Gasteiger partial charge in [-0.05, 0) is 27.3 Å². The molecule has 27 heavy (non-hydrogen) atoms. The minimum atomic E-state index is 0. The van der Waals surface area contributed by atoms with Crippen LogP contribution in [-0.2, 0) is 11.8 Å². The van der Waals surface area contributed by atoms with Gasteiger partial charge in [0.05, 0.1) is 18.4 Å². The zero-order chi connectivity index (χ0) is 19.1. The molecule has 1 aromatic rings. The largest absolute Gasteiger partial charge is 0.357 e. The van der Waals surface area contributed by atoms with E-state index in [0.717, 1.165) is 44.2 Å². The van der Waals surface area contributed by atoms with Gasteiger partial charge in [0, 0.05) is 45.5 Å². The van der Waals surface area contributed by atoms with E-state index < -0.39 is 0 Å². The molecule has 0 radical (unpaired) electrons. The lowest BCUT2D eigenvalue weighted by atomic mass is 10.2. The van der Waals surface area contributed by atoms with Crippen LogP contribution in [0.2, 0.25) is 0 Å². The molecular weight excluding hydrogens is 457 g/mol. The van der Waals surface area contributed by atoms with Crippen molar-refractivity contribution in [2.45, 2.75) is 33.2 Å². The number of nitrogens with zero attached hydrogens (tertiary/aromatic N) is 6. The van der Waals surface area contributed by atoms with Crippen molar-refractivity contribution in [3.8, 4) is 0 Å². The summed E-state index contributed by atoms with van der Waals surface area (Å²) in [5.41, 5.74) is 0.856. The molecule has 9 heteroatoms. The van der Waals surface area contributed by atoms with Crippen LogP contribution >= 0.6 is 24.0 Å². The third-order valence-electron chi connectivity index (χ3n) is 4.92. The second kappa shape index (κ2) is 11.5. The smallest absolute Gasteiger partial charge is 0.246 e. The molecule has 1 aliphatic heterocycles. The van der Waals surface area contributed by atoms with Crippen molar-refractivity contribution in [2.24, 2.45) is 12.0 Å². The highest BCUT2D eigenvalue weighted by atomic mass is 127. The Balaban J connectivity index is 0.00000364. The van der Waals surface area contributed by atoms with Gasteiger partial charge in [-0.2, -0.15) is 5.10 Å². The summed E-state index contributed by atoms with van der Waals surface area (Å²) in [6.45, 7) is 10.6. The van der Waals surface area contributed by atoms with Crippen LogP contribution in [0.5, 0.6) is 0 Å². The molecule has 1 N–H and O–H groups in total. The summed E-state index contributed by atoms with van der Waals surface area (Å²) in [5.74, 6) is 0.899. The van der Waals surface area contributed by atoms with Crippen LogP contribution in [0.4, 0.5) is 5.69 Å². The summed E-state index contributed by atoms with van der Waals surface area (Å²) >= 11 is 0. The van der Waals surface area contributed by atoms with Gasteiger partial charge in [-0.1, -0.05) is 6.92 Å². The maximum atomic E-state index is 12.6. The van der Waals surface area contributed by atoms with Crippen molar-refractivity contribution >= 4 is 41.5 Å². The van der Waals surface area contributed by atoms with Gasteiger partial charge in [-0.25, -0.2) is 0 Å². The Hall–Kier alpha value is -1.36. The predicted octanol–water partition coefficient (Wildman–Crippen LogP) is 1.38. The molecular formula is C18H34IN7O. The number of carbonyl (C=O) groups is 1. The highest BCUT2D eigenvalue weighted by molar-refractivity contribution is 14.0. The number of hydrogen-bond acceptors (Lipinski definition) is 4. The average molecular weight is 491 g/mol. The fourth-order valence-electron chi connectivity index (χ4n) is 2.95. The highest BCUT2D eigenvalue weighted by Crippen LogP contribution is 2.16. The summed E-state index contributed by atoms with van der Waals surface area (Å²) in [7, 11) is 3.99. The quantitative estimate of drug-likeness (QED) is 0.355. The van der Waals surface area contributed by atoms with E-state index >= 15 is 0 Å². The molecule has 1 fully saturated rings. The van der Waals surface area contributed by atoms with Gasteiger partial charge in [0.2, 0.25) is 5.91 Å². The number of carbonyl (C=O) groups excluding carboxylic acids is 1. The van der Waals surface area contributed by atoms with Crippen molar-refractivity contribution in [3.05, 3.63) is 12.4 Å². The number of aromatic nitrogens is 2. The number of aryl methyl sites for hydroxylation is 1. The first-order valence-electron chi connectivity index (χ1n) is 9.48. The van der Waals surface area contributed by atoms with Crippen molar-refractivity contribution in [1.82, 2.24) is 24.9 Å². The molecule has 1 aromatic heterocycles. The molecule has 0 aliphatic carbocycles. The Morgan fingerprint density at radius 3 is 2.70 bits per heavy atom. The van der Waals surface area contributed by atoms with E-state index in [4.69, 9.17) is 4.99 Å². The lowest BCUT2D eigenvalue weighted by molar-refractivity contribution is -0.120. The number of guanidine groups is 1. The molecule has 1 saturated heterocycles. The van der Waals surface area contributed by atoms with Gasteiger partial charge < -0.3 is 20.0 Å². The predicted molar refractivity (Wildman–Crippen MR) is 121 cm³/mol. The van der Waals surface area contributed by atoms with Gasteiger partial charge >= 0.3 is 0 Å². The molecule has 1 atom stereocenters. The molecule has 2 rings (SSSR count). The van der Waals surface area contributed by atoms with Crippen molar-refractivity contribution < 1.29 is 4.79 Å². The highest BCUT2D eigenvalue weighted by Gasteiger charge is 2.27. The van der Waals surface area contributed by atoms with Gasteiger partial charge in [0.15, 0.2) is 5.96 Å². The summed E-state index contributed by atoms with van der Waals surface area (Å²) in [5, 5.41) is 7.48. The van der Waals surface area contributed by atoms with E-state index in [2.05, 4.69) is 43.1 Å². The molecule has 154 valence electrons. The minimum absolute atomic E-state index is 0. The third kappa shape index (κ3) is 6.63. The normalized spacial score (nSPS) is 16.5. The number of piperazine rings is 1. The zero-order valence-electron chi connectivity index (χ0n) is 17.2. The van der Waals surface area contributed by atoms with E-state index in [1.807, 2.05) is 18.1 Å². The van der Waals surface area contributed by atoms with Crippen molar-refractivity contribution in [3.63, 3.8) is 0 Å². The number of rotatable bonds is 7. The summed E-state index contributed by atoms with van der Waals surface area (Å²) < 4.78 is 1.72. The third-order valence-corrected chi connectivity index (χ3v) is 4.92. The number of amides is 1. The van der Waals surface area contributed by atoms with Gasteiger partial charge in [0.25, 0.3) is 0 Å². The Morgan fingerprint density at radius 1 is 1.41 bits per heavy atom. The van der Waals surface area contributed by atoms with Crippen molar-refractivity contribution in [1.29, 1.82) is 0 Å². The van der Waals surface area contributed by atoms with E-state index in [9.17, 15) is 4.79 Å². The molecule has 1 unspecified atom stereocenters. The first-order chi connectivity index (χ1) is 12.5. The number of hydrogen-bond donors (Lipinski definition) is 1. The number of anilines is 1. The summed E-state index contributed by atoms with van der Waals surface area (Å²) in [6, 6.07) is 0.553. The van der Waals surface area contributed by atoms with E-state index in [1.54, 1.807) is 15.8 Å². The summed E-state index contributed by atoms with van der Waals surface area (Å²) in [4.78, 5) is 23.5. The first-order valence-corrected chi connectivity index (χ1v) is 9.48. The van der Waals surface area contributed by atoms with Crippen molar-refractivity contribution in [2.75, 3.05) is 51.2 Å². The molecule has 1 aliphatic rings. The number of halogens is 1. The molecule has 8 nitrogen and oxygen atoms in total. The lowest BCUT2D eigenvalue weighted by Crippen LogP contribution is -2.55. The van der Waals surface area contributed by atoms with E-state index in [-0.39, 0.29) is 29.9 Å². The maximum Gasteiger partial charge on any atom is 0.246 e. The summed E-state index contributed by atoms with van der Waals surface area (Å²) in [6.07, 6.45) is 4.74. The first kappa shape index (κ1) is 23.7. The van der Waals surface area contributed by atoms with Crippen LogP contribution in [0, 0.1) is 0 Å². The Bertz CT molecular complexity index is 619. The fourth-order valence-corrected chi connectivity index (χ4v) is 2.95. The number of aliphatic imine (C=N–C) groups is 1. The lowest BCUT2D eigenvalue weighted by Gasteiger charge is -2.35. The molecule has 1 amide bonds. The zero-order valence-corrected chi connectivity index (χ0v) is 19.5. The average Bonchev–Trinajstić information content (AvgIpc) is 3.06. The Kier molecular flexibility index (Phi) is 10.1. The number of nitrogens with one attached hydrogen (secondary N) is 1. The fraction of sp³-hybridized carbons (Fsp3) is 0.722. The van der Waals surface area contributed by atoms with Gasteiger partial charge in [0.1, 0.15) is 6.54 Å². The SMILES string of the molecule is CCNC(=NCCN(C)C(C)CC)N1CCN(c2cnn(C)c2)C(=O)C1.I. The van der Waals surface area contributed by atoms with Crippen LogP contribution in [0.3, 0.4) is 0 Å². The standard InChI is InChI=1S/C18H33N7O.HI/c1-6-15(3)22(4)9-8-20-18(19-7-2)24-10-11-25(17(26)14-24)16-12-21-23(5)13-16;/h12-13,15H,6-11,14H2,1-5H3,(H,19,20);1H. The molecule has 0 saturated carbocycles. The molecule has 0 bridgehead atoms. The molecule has 0 aromatic carbocycles. The second-order valence-corrected chi connectivity index (χ2v) is 6.81. The van der Waals surface area contributed by atoms with Crippen LogP contribution in [0.1, 0.15) is 27.2 Å². The number of likely N-dealkylation sites (N-methyl/N-ethyl adjacent to an activating group) is 1. The topological polar surface area (TPSA) is 69.0 Å². The van der Waals surface area contributed by atoms with Crippen LogP contribution in [0.15, 0.2) is 17.4 Å². The van der Waals surface area contributed by atoms with E-state index in [1.165, 1.54) is 0 Å². The minimum Gasteiger partial charge on any atom is -0.357 e. The van der Waals surface area contributed by atoms with Gasteiger partial charge in [-0.3, -0.25) is 14.5 Å². The van der Waals surface area contributed by atoms with Crippen LogP contribution in [0.25, 0.3) is 0 Å². The monoisotopic (exact) mass is 491 g/mol. The second-order valence-electron chi connectivity index (χ2n) is 6.81. The maximum absolute atomic E-state index is 12.6. The Labute approximate surface area is 180 Å². The Morgan fingerprint density at radius 2 is 2.15 bits per heavy atom.